The van der Waals surface area contributed by atoms with Crippen LogP contribution in [-0.2, 0) is 0 Å². The molecule has 0 aromatic heterocycles. The Kier molecular flexibility index (Phi) is 4.98. The topological polar surface area (TPSA) is 24.1 Å². The monoisotopic (exact) mass is 242 g/mol. The molecule has 2 rings (SSSR count). The van der Waals surface area contributed by atoms with E-state index in [0.717, 1.165) is 6.04 Å². The van der Waals surface area contributed by atoms with Gasteiger partial charge in [0.1, 0.15) is 0 Å². The zero-order valence-corrected chi connectivity index (χ0v) is 11.4. The second kappa shape index (κ2) is 6.27. The van der Waals surface area contributed by atoms with Crippen LogP contribution in [0.2, 0.25) is 0 Å². The first-order valence-electron chi connectivity index (χ1n) is 6.86. The molecule has 1 saturated heterocycles. The number of hydrogen-bond donors (Lipinski definition) is 2. The Labute approximate surface area is 104 Å². The van der Waals surface area contributed by atoms with E-state index in [9.17, 15) is 0 Å². The molecule has 1 unspecified atom stereocenters. The van der Waals surface area contributed by atoms with E-state index in [1.54, 1.807) is 0 Å². The fraction of sp³-hybridized carbons (Fsp3) is 1.00. The molecule has 1 aliphatic heterocycles. The third-order valence-electron chi connectivity index (χ3n) is 3.91. The quantitative estimate of drug-likeness (QED) is 0.670. The minimum Gasteiger partial charge on any atom is -0.316 e. The van der Waals surface area contributed by atoms with Gasteiger partial charge in [0.2, 0.25) is 0 Å². The third kappa shape index (κ3) is 3.94. The third-order valence-corrected chi connectivity index (χ3v) is 5.04. The Bertz CT molecular complexity index is 198. The highest BCUT2D eigenvalue weighted by Crippen LogP contribution is 2.48. The van der Waals surface area contributed by atoms with Crippen LogP contribution in [-0.4, -0.2) is 37.2 Å². The van der Waals surface area contributed by atoms with E-state index < -0.39 is 0 Å². The lowest BCUT2D eigenvalue weighted by atomic mass is 10.0. The standard InChI is InChI=1S/C13H26N2S/c1-2-4-13(5-6-13)11-14-7-3-12-10-16-9-8-15-12/h12,14-15H,2-11H2,1H3. The van der Waals surface area contributed by atoms with E-state index >= 15 is 0 Å². The number of thioether (sulfide) groups is 1. The summed E-state index contributed by atoms with van der Waals surface area (Å²) in [5.41, 5.74) is 0.712. The molecule has 2 fully saturated rings. The predicted octanol–water partition coefficient (Wildman–Crippen LogP) is 2.25. The lowest BCUT2D eigenvalue weighted by Gasteiger charge is -2.23. The SMILES string of the molecule is CCCC1(CNCCC2CSCCN2)CC1. The first-order chi connectivity index (χ1) is 7.85. The van der Waals surface area contributed by atoms with Crippen molar-refractivity contribution in [3.8, 4) is 0 Å². The molecular formula is C13H26N2S. The molecule has 16 heavy (non-hydrogen) atoms. The molecule has 1 heterocycles. The summed E-state index contributed by atoms with van der Waals surface area (Å²) >= 11 is 2.10. The average molecular weight is 242 g/mol. The summed E-state index contributed by atoms with van der Waals surface area (Å²) in [6.45, 7) is 5.97. The highest BCUT2D eigenvalue weighted by molar-refractivity contribution is 7.99. The lowest BCUT2D eigenvalue weighted by molar-refractivity contribution is 0.408. The molecule has 94 valence electrons. The summed E-state index contributed by atoms with van der Waals surface area (Å²) in [7, 11) is 0. The first-order valence-corrected chi connectivity index (χ1v) is 8.02. The molecule has 0 amide bonds. The highest BCUT2D eigenvalue weighted by atomic mass is 32.2. The van der Waals surface area contributed by atoms with Gasteiger partial charge in [-0.2, -0.15) is 11.8 Å². The zero-order chi connectivity index (χ0) is 11.3. The largest absolute Gasteiger partial charge is 0.316 e. The molecule has 3 heteroatoms. The van der Waals surface area contributed by atoms with E-state index in [1.165, 1.54) is 63.2 Å². The maximum absolute atomic E-state index is 3.67. The van der Waals surface area contributed by atoms with Gasteiger partial charge in [0, 0.05) is 30.6 Å². The van der Waals surface area contributed by atoms with Crippen LogP contribution in [0, 0.1) is 5.41 Å². The van der Waals surface area contributed by atoms with E-state index in [-0.39, 0.29) is 0 Å². The van der Waals surface area contributed by atoms with Crippen LogP contribution < -0.4 is 10.6 Å². The van der Waals surface area contributed by atoms with Gasteiger partial charge in [-0.15, -0.1) is 0 Å². The second-order valence-electron chi connectivity index (χ2n) is 5.44. The van der Waals surface area contributed by atoms with Crippen LogP contribution in [0.25, 0.3) is 0 Å². The van der Waals surface area contributed by atoms with Gasteiger partial charge in [-0.1, -0.05) is 13.3 Å². The average Bonchev–Trinajstić information content (AvgIpc) is 3.07. The van der Waals surface area contributed by atoms with E-state index in [1.807, 2.05) is 0 Å². The molecule has 2 N–H and O–H groups in total. The van der Waals surface area contributed by atoms with Crippen molar-refractivity contribution in [2.45, 2.75) is 45.1 Å². The summed E-state index contributed by atoms with van der Waals surface area (Å²) in [5.74, 6) is 2.60. The summed E-state index contributed by atoms with van der Waals surface area (Å²) in [4.78, 5) is 0. The van der Waals surface area contributed by atoms with Crippen molar-refractivity contribution in [2.24, 2.45) is 5.41 Å². The van der Waals surface area contributed by atoms with Gasteiger partial charge in [0.05, 0.1) is 0 Å². The zero-order valence-electron chi connectivity index (χ0n) is 10.6. The lowest BCUT2D eigenvalue weighted by Crippen LogP contribution is -2.39. The Morgan fingerprint density at radius 3 is 2.94 bits per heavy atom. The fourth-order valence-electron chi connectivity index (χ4n) is 2.66. The van der Waals surface area contributed by atoms with Gasteiger partial charge in [-0.25, -0.2) is 0 Å². The van der Waals surface area contributed by atoms with Crippen molar-refractivity contribution in [3.05, 3.63) is 0 Å². The molecular weight excluding hydrogens is 216 g/mol. The molecule has 1 atom stereocenters. The molecule has 0 aromatic carbocycles. The van der Waals surface area contributed by atoms with Crippen LogP contribution in [0.15, 0.2) is 0 Å². The molecule has 0 aromatic rings. The van der Waals surface area contributed by atoms with Crippen molar-refractivity contribution >= 4 is 11.8 Å². The summed E-state index contributed by atoms with van der Waals surface area (Å²) in [6, 6.07) is 0.757. The molecule has 0 bridgehead atoms. The predicted molar refractivity (Wildman–Crippen MR) is 73.2 cm³/mol. The number of nitrogens with one attached hydrogen (secondary N) is 2. The molecule has 1 aliphatic carbocycles. The van der Waals surface area contributed by atoms with E-state index in [2.05, 4.69) is 29.3 Å². The van der Waals surface area contributed by atoms with Gasteiger partial charge in [-0.05, 0) is 37.6 Å². The van der Waals surface area contributed by atoms with Crippen LogP contribution in [0.5, 0.6) is 0 Å². The molecule has 1 saturated carbocycles. The van der Waals surface area contributed by atoms with Crippen molar-refractivity contribution in [3.63, 3.8) is 0 Å². The number of rotatable bonds is 7. The Balaban J connectivity index is 1.51. The van der Waals surface area contributed by atoms with Gasteiger partial charge in [0.15, 0.2) is 0 Å². The summed E-state index contributed by atoms with van der Waals surface area (Å²) in [6.07, 6.45) is 7.01. The van der Waals surface area contributed by atoms with Gasteiger partial charge in [0.25, 0.3) is 0 Å². The van der Waals surface area contributed by atoms with Crippen molar-refractivity contribution in [2.75, 3.05) is 31.1 Å². The minimum atomic E-state index is 0.712. The summed E-state index contributed by atoms with van der Waals surface area (Å²) in [5, 5.41) is 7.27. The Hall–Kier alpha value is 0.270. The van der Waals surface area contributed by atoms with Crippen LogP contribution >= 0.6 is 11.8 Å². The van der Waals surface area contributed by atoms with Crippen LogP contribution in [0.1, 0.15) is 39.0 Å². The molecule has 0 spiro atoms. The smallest absolute Gasteiger partial charge is 0.0170 e. The van der Waals surface area contributed by atoms with Crippen molar-refractivity contribution < 1.29 is 0 Å². The molecule has 0 radical (unpaired) electrons. The maximum atomic E-state index is 3.67. The Morgan fingerprint density at radius 2 is 2.31 bits per heavy atom. The highest BCUT2D eigenvalue weighted by Gasteiger charge is 2.40. The van der Waals surface area contributed by atoms with Crippen LogP contribution in [0.3, 0.4) is 0 Å². The fourth-order valence-corrected chi connectivity index (χ4v) is 3.66. The van der Waals surface area contributed by atoms with E-state index in [0.29, 0.717) is 5.41 Å². The summed E-state index contributed by atoms with van der Waals surface area (Å²) < 4.78 is 0. The van der Waals surface area contributed by atoms with E-state index in [4.69, 9.17) is 0 Å². The second-order valence-corrected chi connectivity index (χ2v) is 6.59. The Morgan fingerprint density at radius 1 is 1.44 bits per heavy atom. The van der Waals surface area contributed by atoms with Crippen LogP contribution in [0.4, 0.5) is 0 Å². The van der Waals surface area contributed by atoms with Crippen molar-refractivity contribution in [1.82, 2.24) is 10.6 Å². The van der Waals surface area contributed by atoms with Gasteiger partial charge in [-0.3, -0.25) is 0 Å². The molecule has 2 nitrogen and oxygen atoms in total. The van der Waals surface area contributed by atoms with Gasteiger partial charge >= 0.3 is 0 Å². The molecule has 2 aliphatic rings. The number of hydrogen-bond acceptors (Lipinski definition) is 3. The maximum Gasteiger partial charge on any atom is 0.0170 e. The normalized spacial score (nSPS) is 27.9. The minimum absolute atomic E-state index is 0.712. The van der Waals surface area contributed by atoms with Crippen molar-refractivity contribution in [1.29, 1.82) is 0 Å². The van der Waals surface area contributed by atoms with Gasteiger partial charge < -0.3 is 10.6 Å². The first kappa shape index (κ1) is 12.7.